The smallest absolute Gasteiger partial charge is 0.325 e. The van der Waals surface area contributed by atoms with Gasteiger partial charge in [0.25, 0.3) is 0 Å². The van der Waals surface area contributed by atoms with Crippen molar-refractivity contribution in [2.24, 2.45) is 0 Å². The van der Waals surface area contributed by atoms with E-state index in [-0.39, 0.29) is 0 Å². The summed E-state index contributed by atoms with van der Waals surface area (Å²) in [7, 11) is 5.05. The molecule has 0 amide bonds. The molecule has 0 aliphatic heterocycles. The summed E-state index contributed by atoms with van der Waals surface area (Å²) in [5.41, 5.74) is 0. The van der Waals surface area contributed by atoms with Crippen LogP contribution in [-0.2, 0) is 19.5 Å². The van der Waals surface area contributed by atoms with Gasteiger partial charge in [-0.2, -0.15) is 0 Å². The van der Waals surface area contributed by atoms with Crippen molar-refractivity contribution in [3.05, 3.63) is 0 Å². The summed E-state index contributed by atoms with van der Waals surface area (Å²) in [6, 6.07) is 0. The molecule has 0 aromatic rings. The zero-order valence-corrected chi connectivity index (χ0v) is 7.70. The Labute approximate surface area is 72.0 Å². The van der Waals surface area contributed by atoms with E-state index in [1.54, 1.807) is 0 Å². The van der Waals surface area contributed by atoms with Crippen molar-refractivity contribution in [3.8, 4) is 0 Å². The molecule has 64 valence electrons. The fourth-order valence-electron chi connectivity index (χ4n) is 1.11. The van der Waals surface area contributed by atoms with Crippen LogP contribution in [0.25, 0.3) is 0 Å². The van der Waals surface area contributed by atoms with Gasteiger partial charge in [-0.3, -0.25) is 4.79 Å². The van der Waals surface area contributed by atoms with Crippen molar-refractivity contribution in [1.29, 1.82) is 0 Å². The lowest BCUT2D eigenvalue weighted by atomic mass is 9.84. The fourth-order valence-corrected chi connectivity index (χ4v) is 2.59. The molecule has 0 radical (unpaired) electrons. The molecular weight excluding hydrogens is 188 g/mol. The minimum absolute atomic E-state index is 0.447. The third-order valence-electron chi connectivity index (χ3n) is 2.03. The highest BCUT2D eigenvalue weighted by atomic mass is 35.7. The Bertz CT molecular complexity index is 200. The fraction of sp³-hybridized carbons (Fsp3) is 0.833. The predicted molar refractivity (Wildman–Crippen MR) is 42.6 cm³/mol. The standard InChI is InChI=1S/C6H9ClO3S/c1-10-5(8)6(11(7)9)3-2-4-6/h2-4H2,1H3. The van der Waals surface area contributed by atoms with Crippen LogP contribution in [0.15, 0.2) is 0 Å². The Kier molecular flexibility index (Phi) is 2.54. The van der Waals surface area contributed by atoms with Gasteiger partial charge < -0.3 is 4.74 Å². The number of esters is 1. The first kappa shape index (κ1) is 9.00. The van der Waals surface area contributed by atoms with E-state index in [1.807, 2.05) is 0 Å². The van der Waals surface area contributed by atoms with E-state index in [1.165, 1.54) is 7.11 Å². The van der Waals surface area contributed by atoms with E-state index in [4.69, 9.17) is 10.7 Å². The highest BCUT2D eigenvalue weighted by molar-refractivity contribution is 8.10. The molecule has 1 atom stereocenters. The lowest BCUT2D eigenvalue weighted by Crippen LogP contribution is -2.48. The molecule has 0 heterocycles. The van der Waals surface area contributed by atoms with E-state index in [0.29, 0.717) is 12.8 Å². The molecule has 0 spiro atoms. The maximum Gasteiger partial charge on any atom is 0.325 e. The molecule has 1 aliphatic carbocycles. The maximum absolute atomic E-state index is 11.1. The Morgan fingerprint density at radius 2 is 2.18 bits per heavy atom. The largest absolute Gasteiger partial charge is 0.468 e. The molecule has 3 nitrogen and oxygen atoms in total. The first-order valence-electron chi connectivity index (χ1n) is 3.30. The van der Waals surface area contributed by atoms with E-state index < -0.39 is 20.7 Å². The molecule has 0 aromatic carbocycles. The van der Waals surface area contributed by atoms with Crippen LogP contribution >= 0.6 is 10.7 Å². The zero-order valence-electron chi connectivity index (χ0n) is 6.13. The summed E-state index contributed by atoms with van der Waals surface area (Å²) in [6.07, 6.45) is 2.05. The van der Waals surface area contributed by atoms with Gasteiger partial charge in [0.15, 0.2) is 4.75 Å². The number of carbonyl (C=O) groups excluding carboxylic acids is 1. The molecular formula is C6H9ClO3S. The lowest BCUT2D eigenvalue weighted by molar-refractivity contribution is -0.145. The summed E-state index contributed by atoms with van der Waals surface area (Å²) in [5.74, 6) is -0.447. The SMILES string of the molecule is COC(=O)C1(S(=O)Cl)CCC1. The van der Waals surface area contributed by atoms with Crippen LogP contribution in [0.5, 0.6) is 0 Å². The van der Waals surface area contributed by atoms with Gasteiger partial charge in [0.2, 0.25) is 0 Å². The number of rotatable bonds is 2. The van der Waals surface area contributed by atoms with Crippen LogP contribution in [0.3, 0.4) is 0 Å². The third kappa shape index (κ3) is 1.29. The van der Waals surface area contributed by atoms with Crippen LogP contribution in [0.1, 0.15) is 19.3 Å². The molecule has 1 unspecified atom stereocenters. The van der Waals surface area contributed by atoms with E-state index >= 15 is 0 Å². The second-order valence-electron chi connectivity index (χ2n) is 2.56. The van der Waals surface area contributed by atoms with Gasteiger partial charge in [0, 0.05) is 0 Å². The number of hydrogen-bond donors (Lipinski definition) is 0. The molecule has 1 aliphatic rings. The van der Waals surface area contributed by atoms with Crippen LogP contribution in [-0.4, -0.2) is 22.0 Å². The average molecular weight is 197 g/mol. The molecule has 1 saturated carbocycles. The van der Waals surface area contributed by atoms with Gasteiger partial charge in [-0.1, -0.05) is 0 Å². The Morgan fingerprint density at radius 1 is 1.64 bits per heavy atom. The molecule has 5 heteroatoms. The van der Waals surface area contributed by atoms with Gasteiger partial charge in [-0.15, -0.1) is 0 Å². The van der Waals surface area contributed by atoms with Gasteiger partial charge in [-0.25, -0.2) is 4.21 Å². The molecule has 0 N–H and O–H groups in total. The van der Waals surface area contributed by atoms with Gasteiger partial charge in [-0.05, 0) is 29.9 Å². The predicted octanol–water partition coefficient (Wildman–Crippen LogP) is 0.985. The van der Waals surface area contributed by atoms with Gasteiger partial charge >= 0.3 is 5.97 Å². The number of ether oxygens (including phenoxy) is 1. The highest BCUT2D eigenvalue weighted by Crippen LogP contribution is 2.39. The van der Waals surface area contributed by atoms with E-state index in [2.05, 4.69) is 4.74 Å². The van der Waals surface area contributed by atoms with E-state index in [9.17, 15) is 9.00 Å². The Hall–Kier alpha value is -0.0900. The van der Waals surface area contributed by atoms with Crippen molar-refractivity contribution in [2.45, 2.75) is 24.0 Å². The third-order valence-corrected chi connectivity index (χ3v) is 4.10. The van der Waals surface area contributed by atoms with Crippen molar-refractivity contribution in [2.75, 3.05) is 7.11 Å². The quantitative estimate of drug-likeness (QED) is 0.489. The summed E-state index contributed by atoms with van der Waals surface area (Å²) in [6.45, 7) is 0. The van der Waals surface area contributed by atoms with Crippen molar-refractivity contribution >= 4 is 26.7 Å². The van der Waals surface area contributed by atoms with Crippen molar-refractivity contribution in [1.82, 2.24) is 0 Å². The number of halogens is 1. The van der Waals surface area contributed by atoms with E-state index in [0.717, 1.165) is 6.42 Å². The van der Waals surface area contributed by atoms with Crippen LogP contribution in [0, 0.1) is 0 Å². The monoisotopic (exact) mass is 196 g/mol. The van der Waals surface area contributed by atoms with Crippen LogP contribution in [0.2, 0.25) is 0 Å². The molecule has 0 aromatic heterocycles. The second kappa shape index (κ2) is 3.11. The minimum atomic E-state index is -1.61. The summed E-state index contributed by atoms with van der Waals surface area (Å²) in [4.78, 5) is 11.1. The Balaban J connectivity index is 2.75. The maximum atomic E-state index is 11.1. The Morgan fingerprint density at radius 3 is 2.27 bits per heavy atom. The zero-order chi connectivity index (χ0) is 8.48. The molecule has 1 fully saturated rings. The first-order valence-corrected chi connectivity index (χ1v) is 5.27. The molecule has 0 bridgehead atoms. The number of methoxy groups -OCH3 is 1. The van der Waals surface area contributed by atoms with Crippen LogP contribution in [0.4, 0.5) is 0 Å². The topological polar surface area (TPSA) is 43.4 Å². The minimum Gasteiger partial charge on any atom is -0.468 e. The first-order chi connectivity index (χ1) is 5.13. The van der Waals surface area contributed by atoms with Crippen LogP contribution < -0.4 is 0 Å². The summed E-state index contributed by atoms with van der Waals surface area (Å²) < 4.78 is 14.5. The molecule has 1 rings (SSSR count). The number of carbonyl (C=O) groups is 1. The van der Waals surface area contributed by atoms with Gasteiger partial charge in [0.05, 0.1) is 7.11 Å². The molecule has 0 saturated heterocycles. The number of hydrogen-bond acceptors (Lipinski definition) is 3. The summed E-state index contributed by atoms with van der Waals surface area (Å²) >= 11 is 0. The highest BCUT2D eigenvalue weighted by Gasteiger charge is 2.50. The molecule has 11 heavy (non-hydrogen) atoms. The summed E-state index contributed by atoms with van der Waals surface area (Å²) in [5, 5.41) is 0. The van der Waals surface area contributed by atoms with Crippen molar-refractivity contribution < 1.29 is 13.7 Å². The lowest BCUT2D eigenvalue weighted by Gasteiger charge is -2.34. The average Bonchev–Trinajstić information content (AvgIpc) is 1.84. The van der Waals surface area contributed by atoms with Gasteiger partial charge in [0.1, 0.15) is 10.0 Å². The normalized spacial score (nSPS) is 23.5. The van der Waals surface area contributed by atoms with Crippen molar-refractivity contribution in [3.63, 3.8) is 0 Å². The second-order valence-corrected chi connectivity index (χ2v) is 4.63.